The van der Waals surface area contributed by atoms with E-state index >= 15 is 0 Å². The van der Waals surface area contributed by atoms with E-state index < -0.39 is 0 Å². The predicted octanol–water partition coefficient (Wildman–Crippen LogP) is 1.54. The molecule has 2 bridgehead atoms. The molecule has 68 valence electrons. The van der Waals surface area contributed by atoms with Crippen LogP contribution in [0.3, 0.4) is 0 Å². The maximum Gasteiger partial charge on any atom is 0.221 e. The summed E-state index contributed by atoms with van der Waals surface area (Å²) in [4.78, 5) is 11.2. The van der Waals surface area contributed by atoms with Gasteiger partial charge >= 0.3 is 0 Å². The first-order chi connectivity index (χ1) is 5.53. The van der Waals surface area contributed by atoms with Gasteiger partial charge in [0.2, 0.25) is 5.91 Å². The standard InChI is InChI=1S/C10H17NO/c1-10(2)7-4-3-6(5-7)8(10)9(11)12/h6-8H,3-5H2,1-2H3,(H2,11,12). The normalized spacial score (nSPS) is 43.3. The minimum atomic E-state index is -0.0767. The van der Waals surface area contributed by atoms with E-state index in [0.29, 0.717) is 5.92 Å². The molecule has 2 saturated carbocycles. The molecule has 2 aliphatic rings. The van der Waals surface area contributed by atoms with Crippen LogP contribution in [0, 0.1) is 23.2 Å². The Kier molecular flexibility index (Phi) is 1.51. The van der Waals surface area contributed by atoms with Gasteiger partial charge in [0.1, 0.15) is 0 Å². The summed E-state index contributed by atoms with van der Waals surface area (Å²) in [6, 6.07) is 0. The second-order valence-corrected chi connectivity index (χ2v) is 4.97. The SMILES string of the molecule is CC1(C)C2CCC(C2)C1C(N)=O. The van der Waals surface area contributed by atoms with Crippen molar-refractivity contribution in [2.24, 2.45) is 28.9 Å². The molecule has 0 aromatic carbocycles. The second kappa shape index (κ2) is 2.24. The Bertz CT molecular complexity index is 222. The summed E-state index contributed by atoms with van der Waals surface area (Å²) in [5, 5.41) is 0. The van der Waals surface area contributed by atoms with Gasteiger partial charge < -0.3 is 5.73 Å². The number of hydrogen-bond donors (Lipinski definition) is 1. The first-order valence-corrected chi connectivity index (χ1v) is 4.83. The highest BCUT2D eigenvalue weighted by atomic mass is 16.1. The number of hydrogen-bond acceptors (Lipinski definition) is 1. The van der Waals surface area contributed by atoms with Crippen LogP contribution in [0.5, 0.6) is 0 Å². The maximum absolute atomic E-state index is 11.2. The van der Waals surface area contributed by atoms with Crippen LogP contribution in [-0.4, -0.2) is 5.91 Å². The quantitative estimate of drug-likeness (QED) is 0.632. The molecule has 12 heavy (non-hydrogen) atoms. The molecule has 3 atom stereocenters. The lowest BCUT2D eigenvalue weighted by atomic mass is 9.68. The summed E-state index contributed by atoms with van der Waals surface area (Å²) < 4.78 is 0. The van der Waals surface area contributed by atoms with Crippen LogP contribution in [0.2, 0.25) is 0 Å². The molecule has 2 N–H and O–H groups in total. The van der Waals surface area contributed by atoms with Crippen LogP contribution in [0.1, 0.15) is 33.1 Å². The number of primary amides is 1. The Labute approximate surface area is 73.5 Å². The molecule has 3 unspecified atom stereocenters. The van der Waals surface area contributed by atoms with Crippen molar-refractivity contribution >= 4 is 5.91 Å². The lowest BCUT2D eigenvalue weighted by Crippen LogP contribution is -2.39. The molecule has 0 spiro atoms. The molecule has 0 heterocycles. The molecule has 0 aromatic heterocycles. The smallest absolute Gasteiger partial charge is 0.221 e. The minimum Gasteiger partial charge on any atom is -0.369 e. The molecular weight excluding hydrogens is 150 g/mol. The molecule has 2 heteroatoms. The fraction of sp³-hybridized carbons (Fsp3) is 0.900. The highest BCUT2D eigenvalue weighted by molar-refractivity contribution is 5.78. The van der Waals surface area contributed by atoms with E-state index in [1.165, 1.54) is 19.3 Å². The zero-order chi connectivity index (χ0) is 8.93. The monoisotopic (exact) mass is 167 g/mol. The van der Waals surface area contributed by atoms with Crippen molar-refractivity contribution in [3.63, 3.8) is 0 Å². The Morgan fingerprint density at radius 2 is 2.08 bits per heavy atom. The molecule has 0 radical (unpaired) electrons. The Balaban J connectivity index is 2.29. The number of fused-ring (bicyclic) bond motifs is 2. The van der Waals surface area contributed by atoms with Gasteiger partial charge in [-0.05, 0) is 36.5 Å². The van der Waals surface area contributed by atoms with Crippen LogP contribution < -0.4 is 5.73 Å². The van der Waals surface area contributed by atoms with Crippen LogP contribution in [-0.2, 0) is 4.79 Å². The zero-order valence-corrected chi connectivity index (χ0v) is 7.84. The zero-order valence-electron chi connectivity index (χ0n) is 7.84. The molecule has 0 aromatic rings. The van der Waals surface area contributed by atoms with Gasteiger partial charge in [-0.25, -0.2) is 0 Å². The topological polar surface area (TPSA) is 43.1 Å². The van der Waals surface area contributed by atoms with Gasteiger partial charge in [-0.2, -0.15) is 0 Å². The molecular formula is C10H17NO. The molecule has 0 saturated heterocycles. The van der Waals surface area contributed by atoms with Gasteiger partial charge in [-0.15, -0.1) is 0 Å². The van der Waals surface area contributed by atoms with Crippen molar-refractivity contribution in [2.75, 3.05) is 0 Å². The third-order valence-electron chi connectivity index (χ3n) is 4.10. The van der Waals surface area contributed by atoms with Crippen molar-refractivity contribution in [1.29, 1.82) is 0 Å². The van der Waals surface area contributed by atoms with E-state index in [9.17, 15) is 4.79 Å². The van der Waals surface area contributed by atoms with Crippen molar-refractivity contribution in [3.05, 3.63) is 0 Å². The number of amides is 1. The Morgan fingerprint density at radius 1 is 1.42 bits per heavy atom. The molecule has 2 rings (SSSR count). The van der Waals surface area contributed by atoms with Gasteiger partial charge in [-0.3, -0.25) is 4.79 Å². The Hall–Kier alpha value is -0.530. The number of carbonyl (C=O) groups is 1. The lowest BCUT2D eigenvalue weighted by Gasteiger charge is -2.36. The van der Waals surface area contributed by atoms with Gasteiger partial charge in [0, 0.05) is 5.92 Å². The number of nitrogens with two attached hydrogens (primary N) is 1. The van der Waals surface area contributed by atoms with Gasteiger partial charge in [0.25, 0.3) is 0 Å². The third-order valence-corrected chi connectivity index (χ3v) is 4.10. The summed E-state index contributed by atoms with van der Waals surface area (Å²) in [6.07, 6.45) is 3.77. The average molecular weight is 167 g/mol. The van der Waals surface area contributed by atoms with Crippen LogP contribution in [0.4, 0.5) is 0 Å². The maximum atomic E-state index is 11.2. The van der Waals surface area contributed by atoms with Gasteiger partial charge in [0.05, 0.1) is 0 Å². The van der Waals surface area contributed by atoms with Gasteiger partial charge in [-0.1, -0.05) is 13.8 Å². The minimum absolute atomic E-state index is 0.0767. The van der Waals surface area contributed by atoms with E-state index in [2.05, 4.69) is 13.8 Å². The van der Waals surface area contributed by atoms with Crippen molar-refractivity contribution in [2.45, 2.75) is 33.1 Å². The number of carbonyl (C=O) groups excluding carboxylic acids is 1. The second-order valence-electron chi connectivity index (χ2n) is 4.97. The average Bonchev–Trinajstić information content (AvgIpc) is 2.41. The molecule has 1 amide bonds. The molecule has 2 aliphatic carbocycles. The highest BCUT2D eigenvalue weighted by Gasteiger charge is 2.54. The summed E-state index contributed by atoms with van der Waals surface area (Å²) in [5.41, 5.74) is 5.60. The molecule has 2 nitrogen and oxygen atoms in total. The van der Waals surface area contributed by atoms with E-state index in [1.807, 2.05) is 0 Å². The van der Waals surface area contributed by atoms with Crippen molar-refractivity contribution in [3.8, 4) is 0 Å². The largest absolute Gasteiger partial charge is 0.369 e. The predicted molar refractivity (Wildman–Crippen MR) is 47.3 cm³/mol. The summed E-state index contributed by atoms with van der Waals surface area (Å²) >= 11 is 0. The fourth-order valence-electron chi connectivity index (χ4n) is 3.46. The van der Waals surface area contributed by atoms with Crippen LogP contribution >= 0.6 is 0 Å². The first-order valence-electron chi connectivity index (χ1n) is 4.83. The van der Waals surface area contributed by atoms with E-state index in [4.69, 9.17) is 5.73 Å². The summed E-state index contributed by atoms with van der Waals surface area (Å²) in [5.74, 6) is 1.42. The van der Waals surface area contributed by atoms with E-state index in [1.54, 1.807) is 0 Å². The van der Waals surface area contributed by atoms with E-state index in [-0.39, 0.29) is 17.2 Å². The molecule has 2 fully saturated rings. The van der Waals surface area contributed by atoms with Gasteiger partial charge in [0.15, 0.2) is 0 Å². The van der Waals surface area contributed by atoms with Crippen LogP contribution in [0.15, 0.2) is 0 Å². The molecule has 0 aliphatic heterocycles. The number of rotatable bonds is 1. The van der Waals surface area contributed by atoms with Crippen molar-refractivity contribution < 1.29 is 4.79 Å². The summed E-state index contributed by atoms with van der Waals surface area (Å²) in [6.45, 7) is 4.40. The van der Waals surface area contributed by atoms with Crippen LogP contribution in [0.25, 0.3) is 0 Å². The third kappa shape index (κ3) is 0.838. The van der Waals surface area contributed by atoms with E-state index in [0.717, 1.165) is 5.92 Å². The first kappa shape index (κ1) is 8.09. The highest BCUT2D eigenvalue weighted by Crippen LogP contribution is 2.58. The summed E-state index contributed by atoms with van der Waals surface area (Å²) in [7, 11) is 0. The Morgan fingerprint density at radius 3 is 2.42 bits per heavy atom. The van der Waals surface area contributed by atoms with Crippen molar-refractivity contribution in [1.82, 2.24) is 0 Å². The fourth-order valence-corrected chi connectivity index (χ4v) is 3.46. The lowest BCUT2D eigenvalue weighted by molar-refractivity contribution is -0.127.